The predicted octanol–water partition coefficient (Wildman–Crippen LogP) is 2.83. The molecule has 20 heavy (non-hydrogen) atoms. The van der Waals surface area contributed by atoms with Crippen molar-refractivity contribution in [2.75, 3.05) is 19.7 Å². The third-order valence-electron chi connectivity index (χ3n) is 3.45. The molecule has 1 saturated heterocycles. The summed E-state index contributed by atoms with van der Waals surface area (Å²) in [7, 11) is 0. The average molecular weight is 342 g/mol. The lowest BCUT2D eigenvalue weighted by Gasteiger charge is -2.31. The number of halogens is 2. The molecule has 5 heteroatoms. The van der Waals surface area contributed by atoms with Gasteiger partial charge in [-0.05, 0) is 43.0 Å². The number of carbonyl (C=O) groups is 1. The second-order valence-electron chi connectivity index (χ2n) is 4.97. The summed E-state index contributed by atoms with van der Waals surface area (Å²) in [5.74, 6) is -0.338. The minimum absolute atomic E-state index is 0.105. The fourth-order valence-corrected chi connectivity index (χ4v) is 2.70. The number of aliphatic hydroxyl groups excluding tert-OH is 1. The smallest absolute Gasteiger partial charge is 0.246 e. The lowest BCUT2D eigenvalue weighted by Crippen LogP contribution is -2.40. The van der Waals surface area contributed by atoms with Crippen molar-refractivity contribution in [2.45, 2.75) is 12.8 Å². The molecule has 1 N–H and O–H groups in total. The van der Waals surface area contributed by atoms with Gasteiger partial charge in [0.1, 0.15) is 5.82 Å². The Morgan fingerprint density at radius 3 is 3.10 bits per heavy atom. The van der Waals surface area contributed by atoms with Crippen LogP contribution in [0.15, 0.2) is 28.7 Å². The Labute approximate surface area is 126 Å². The van der Waals surface area contributed by atoms with Crippen LogP contribution in [-0.4, -0.2) is 35.6 Å². The van der Waals surface area contributed by atoms with Crippen molar-refractivity contribution in [1.82, 2.24) is 4.90 Å². The number of hydrogen-bond donors (Lipinski definition) is 1. The molecule has 1 amide bonds. The van der Waals surface area contributed by atoms with Crippen molar-refractivity contribution in [3.05, 3.63) is 40.1 Å². The first kappa shape index (κ1) is 15.2. The van der Waals surface area contributed by atoms with Crippen LogP contribution in [-0.2, 0) is 4.79 Å². The van der Waals surface area contributed by atoms with E-state index in [1.165, 1.54) is 18.2 Å². The minimum Gasteiger partial charge on any atom is -0.396 e. The van der Waals surface area contributed by atoms with E-state index in [9.17, 15) is 9.18 Å². The summed E-state index contributed by atoms with van der Waals surface area (Å²) in [5, 5.41) is 9.15. The van der Waals surface area contributed by atoms with Gasteiger partial charge in [-0.25, -0.2) is 4.39 Å². The number of aliphatic hydroxyl groups is 1. The van der Waals surface area contributed by atoms with Crippen LogP contribution in [0.25, 0.3) is 6.08 Å². The van der Waals surface area contributed by atoms with E-state index in [1.807, 2.05) is 0 Å². The van der Waals surface area contributed by atoms with E-state index >= 15 is 0 Å². The largest absolute Gasteiger partial charge is 0.396 e. The van der Waals surface area contributed by atoms with Crippen LogP contribution in [0, 0.1) is 11.7 Å². The molecular formula is C15H17BrFNO2. The summed E-state index contributed by atoms with van der Waals surface area (Å²) in [4.78, 5) is 13.8. The number of nitrogens with zero attached hydrogens (tertiary/aromatic N) is 1. The number of rotatable bonds is 3. The fourth-order valence-electron chi connectivity index (χ4n) is 2.32. The Morgan fingerprint density at radius 1 is 1.55 bits per heavy atom. The highest BCUT2D eigenvalue weighted by atomic mass is 79.9. The van der Waals surface area contributed by atoms with Gasteiger partial charge in [0.15, 0.2) is 0 Å². The molecule has 0 aliphatic carbocycles. The van der Waals surface area contributed by atoms with E-state index < -0.39 is 0 Å². The van der Waals surface area contributed by atoms with Gasteiger partial charge in [-0.3, -0.25) is 4.79 Å². The Morgan fingerprint density at radius 2 is 2.35 bits per heavy atom. The summed E-state index contributed by atoms with van der Waals surface area (Å²) < 4.78 is 14.3. The van der Waals surface area contributed by atoms with Crippen LogP contribution in [0.3, 0.4) is 0 Å². The molecule has 1 aromatic carbocycles. The van der Waals surface area contributed by atoms with Crippen molar-refractivity contribution in [1.29, 1.82) is 0 Å². The molecule has 1 aliphatic rings. The van der Waals surface area contributed by atoms with Gasteiger partial charge in [0.05, 0.1) is 0 Å². The van der Waals surface area contributed by atoms with Crippen LogP contribution in [0.5, 0.6) is 0 Å². The van der Waals surface area contributed by atoms with Gasteiger partial charge >= 0.3 is 0 Å². The van der Waals surface area contributed by atoms with Crippen LogP contribution < -0.4 is 0 Å². The van der Waals surface area contributed by atoms with Gasteiger partial charge in [-0.2, -0.15) is 0 Å². The van der Waals surface area contributed by atoms with Gasteiger partial charge in [-0.1, -0.05) is 15.9 Å². The summed E-state index contributed by atoms with van der Waals surface area (Å²) in [6.45, 7) is 1.37. The lowest BCUT2D eigenvalue weighted by molar-refractivity contribution is -0.127. The van der Waals surface area contributed by atoms with Gasteiger partial charge in [-0.15, -0.1) is 0 Å². The zero-order chi connectivity index (χ0) is 14.5. The maximum absolute atomic E-state index is 13.5. The summed E-state index contributed by atoms with van der Waals surface area (Å²) in [6, 6.07) is 4.60. The lowest BCUT2D eigenvalue weighted by atomic mass is 9.99. The van der Waals surface area contributed by atoms with Crippen molar-refractivity contribution in [3.8, 4) is 0 Å². The molecule has 1 atom stereocenters. The second-order valence-corrected chi connectivity index (χ2v) is 5.89. The Hall–Kier alpha value is -1.20. The SMILES string of the molecule is O=C(/C=C/c1cc(Br)ccc1F)N1CCCC(CO)C1. The summed E-state index contributed by atoms with van der Waals surface area (Å²) in [6.07, 6.45) is 4.73. The number of benzene rings is 1. The van der Waals surface area contributed by atoms with Gasteiger partial charge < -0.3 is 10.0 Å². The Bertz CT molecular complexity index is 519. The first-order valence-corrected chi connectivity index (χ1v) is 7.42. The van der Waals surface area contributed by atoms with Gasteiger partial charge in [0.2, 0.25) is 5.91 Å². The van der Waals surface area contributed by atoms with E-state index in [0.717, 1.165) is 17.3 Å². The van der Waals surface area contributed by atoms with E-state index in [4.69, 9.17) is 5.11 Å². The number of piperidine rings is 1. The molecule has 1 aliphatic heterocycles. The molecule has 3 nitrogen and oxygen atoms in total. The Kier molecular flexibility index (Phi) is 5.31. The van der Waals surface area contributed by atoms with E-state index in [1.54, 1.807) is 17.0 Å². The van der Waals surface area contributed by atoms with Crippen LogP contribution >= 0.6 is 15.9 Å². The third kappa shape index (κ3) is 3.90. The highest BCUT2D eigenvalue weighted by molar-refractivity contribution is 9.10. The fraction of sp³-hybridized carbons (Fsp3) is 0.400. The van der Waals surface area contributed by atoms with E-state index in [2.05, 4.69) is 15.9 Å². The van der Waals surface area contributed by atoms with Crippen molar-refractivity contribution < 1.29 is 14.3 Å². The molecule has 2 rings (SSSR count). The number of amides is 1. The van der Waals surface area contributed by atoms with Crippen molar-refractivity contribution in [2.24, 2.45) is 5.92 Å². The highest BCUT2D eigenvalue weighted by Crippen LogP contribution is 2.18. The second kappa shape index (κ2) is 6.99. The average Bonchev–Trinajstić information content (AvgIpc) is 2.48. The highest BCUT2D eigenvalue weighted by Gasteiger charge is 2.21. The molecule has 1 heterocycles. The molecule has 0 bridgehead atoms. The first-order chi connectivity index (χ1) is 9.60. The summed E-state index contributed by atoms with van der Waals surface area (Å²) in [5.41, 5.74) is 0.378. The molecule has 1 aromatic rings. The van der Waals surface area contributed by atoms with Crippen LogP contribution in [0.4, 0.5) is 4.39 Å². The normalized spacial score (nSPS) is 19.6. The molecule has 1 fully saturated rings. The number of likely N-dealkylation sites (tertiary alicyclic amines) is 1. The first-order valence-electron chi connectivity index (χ1n) is 6.63. The van der Waals surface area contributed by atoms with Crippen molar-refractivity contribution in [3.63, 3.8) is 0 Å². The molecular weight excluding hydrogens is 325 g/mol. The monoisotopic (exact) mass is 341 g/mol. The molecule has 0 aromatic heterocycles. The summed E-state index contributed by atoms with van der Waals surface area (Å²) >= 11 is 3.27. The number of carbonyl (C=O) groups excluding carboxylic acids is 1. The van der Waals surface area contributed by atoms with Crippen LogP contribution in [0.2, 0.25) is 0 Å². The zero-order valence-corrected chi connectivity index (χ0v) is 12.6. The quantitative estimate of drug-likeness (QED) is 0.859. The van der Waals surface area contributed by atoms with E-state index in [-0.39, 0.29) is 24.2 Å². The van der Waals surface area contributed by atoms with Crippen molar-refractivity contribution >= 4 is 27.9 Å². The predicted molar refractivity (Wildman–Crippen MR) is 79.5 cm³/mol. The molecule has 0 spiro atoms. The van der Waals surface area contributed by atoms with Gasteiger partial charge in [0.25, 0.3) is 0 Å². The van der Waals surface area contributed by atoms with E-state index in [0.29, 0.717) is 18.7 Å². The Balaban J connectivity index is 2.03. The minimum atomic E-state index is -0.357. The molecule has 108 valence electrons. The third-order valence-corrected chi connectivity index (χ3v) is 3.95. The standard InChI is InChI=1S/C15H17BrFNO2/c16-13-4-5-14(17)12(8-13)3-6-15(20)18-7-1-2-11(9-18)10-19/h3-6,8,11,19H,1-2,7,9-10H2/b6-3+. The molecule has 1 unspecified atom stereocenters. The molecule has 0 radical (unpaired) electrons. The zero-order valence-electron chi connectivity index (χ0n) is 11.1. The topological polar surface area (TPSA) is 40.5 Å². The maximum Gasteiger partial charge on any atom is 0.246 e. The van der Waals surface area contributed by atoms with Gasteiger partial charge in [0, 0.05) is 35.8 Å². The molecule has 0 saturated carbocycles. The number of hydrogen-bond acceptors (Lipinski definition) is 2. The maximum atomic E-state index is 13.5. The van der Waals surface area contributed by atoms with Crippen LogP contribution in [0.1, 0.15) is 18.4 Å².